The highest BCUT2D eigenvalue weighted by atomic mass is 16.3. The lowest BCUT2D eigenvalue weighted by atomic mass is 9.77. The third kappa shape index (κ3) is 1.98. The Bertz CT molecular complexity index is 411. The fourth-order valence-corrected chi connectivity index (χ4v) is 3.28. The van der Waals surface area contributed by atoms with Gasteiger partial charge >= 0.3 is 0 Å². The molecule has 0 spiro atoms. The third-order valence-electron chi connectivity index (χ3n) is 4.42. The molecule has 0 radical (unpaired) electrons. The summed E-state index contributed by atoms with van der Waals surface area (Å²) in [6, 6.07) is 4.15. The zero-order valence-electron chi connectivity index (χ0n) is 10.4. The number of aryl methyl sites for hydroxylation is 1. The van der Waals surface area contributed by atoms with Crippen molar-refractivity contribution >= 4 is 0 Å². The second-order valence-electron chi connectivity index (χ2n) is 5.38. The Labute approximate surface area is 102 Å². The number of nitrogens with zero attached hydrogens (tertiary/aromatic N) is 2. The lowest BCUT2D eigenvalue weighted by molar-refractivity contribution is 0.0853. The van der Waals surface area contributed by atoms with Crippen molar-refractivity contribution in [1.29, 1.82) is 0 Å². The highest BCUT2D eigenvalue weighted by molar-refractivity contribution is 5.24. The summed E-state index contributed by atoms with van der Waals surface area (Å²) in [6.07, 6.45) is 2.65. The Morgan fingerprint density at radius 2 is 2.12 bits per heavy atom. The topological polar surface area (TPSA) is 36.4 Å². The van der Waals surface area contributed by atoms with Crippen LogP contribution in [0.2, 0.25) is 0 Å². The smallest absolute Gasteiger partial charge is 0.0699 e. The van der Waals surface area contributed by atoms with Crippen molar-refractivity contribution in [2.24, 2.45) is 5.92 Å². The van der Waals surface area contributed by atoms with E-state index < -0.39 is 0 Å². The van der Waals surface area contributed by atoms with Crippen LogP contribution in [0.25, 0.3) is 0 Å². The van der Waals surface area contributed by atoms with Crippen molar-refractivity contribution < 1.29 is 5.11 Å². The van der Waals surface area contributed by atoms with E-state index in [-0.39, 0.29) is 6.61 Å². The second kappa shape index (κ2) is 4.39. The molecule has 4 rings (SSSR count). The number of hydrogen-bond donors (Lipinski definition) is 1. The van der Waals surface area contributed by atoms with E-state index in [1.165, 1.54) is 38.2 Å². The average molecular weight is 232 g/mol. The van der Waals surface area contributed by atoms with E-state index in [1.54, 1.807) is 0 Å². The van der Waals surface area contributed by atoms with Gasteiger partial charge in [-0.3, -0.25) is 4.98 Å². The molecule has 0 aliphatic carbocycles. The van der Waals surface area contributed by atoms with Gasteiger partial charge in [-0.25, -0.2) is 0 Å². The summed E-state index contributed by atoms with van der Waals surface area (Å²) in [5, 5.41) is 9.18. The van der Waals surface area contributed by atoms with Gasteiger partial charge in [-0.1, -0.05) is 6.07 Å². The molecule has 0 aromatic carbocycles. The van der Waals surface area contributed by atoms with Gasteiger partial charge in [-0.15, -0.1) is 0 Å². The van der Waals surface area contributed by atoms with Crippen LogP contribution >= 0.6 is 0 Å². The molecule has 1 aromatic heterocycles. The number of aliphatic hydroxyl groups is 1. The number of piperidine rings is 3. The molecule has 17 heavy (non-hydrogen) atoms. The second-order valence-corrected chi connectivity index (χ2v) is 5.38. The summed E-state index contributed by atoms with van der Waals surface area (Å²) in [6.45, 7) is 5.81. The first-order chi connectivity index (χ1) is 8.28. The van der Waals surface area contributed by atoms with Crippen molar-refractivity contribution in [3.8, 4) is 0 Å². The first-order valence-electron chi connectivity index (χ1n) is 6.57. The number of rotatable bonds is 2. The first kappa shape index (κ1) is 11.2. The van der Waals surface area contributed by atoms with Crippen molar-refractivity contribution in [3.63, 3.8) is 0 Å². The van der Waals surface area contributed by atoms with E-state index in [4.69, 9.17) is 4.98 Å². The van der Waals surface area contributed by atoms with Gasteiger partial charge in [0.2, 0.25) is 0 Å². The van der Waals surface area contributed by atoms with E-state index in [9.17, 15) is 5.11 Å². The van der Waals surface area contributed by atoms with Gasteiger partial charge in [0.25, 0.3) is 0 Å². The van der Waals surface area contributed by atoms with Crippen LogP contribution in [0.4, 0.5) is 0 Å². The molecule has 4 heterocycles. The Balaban J connectivity index is 1.86. The molecular weight excluding hydrogens is 212 g/mol. The van der Waals surface area contributed by atoms with Gasteiger partial charge in [-0.05, 0) is 50.4 Å². The lowest BCUT2D eigenvalue weighted by Crippen LogP contribution is -2.46. The molecule has 2 bridgehead atoms. The van der Waals surface area contributed by atoms with Gasteiger partial charge < -0.3 is 10.0 Å². The summed E-state index contributed by atoms with van der Waals surface area (Å²) in [4.78, 5) is 7.26. The molecule has 92 valence electrons. The van der Waals surface area contributed by atoms with Crippen molar-refractivity contribution in [3.05, 3.63) is 29.1 Å². The Hall–Kier alpha value is -0.930. The predicted octanol–water partition coefficient (Wildman–Crippen LogP) is 1.69. The summed E-state index contributed by atoms with van der Waals surface area (Å²) < 4.78 is 0. The molecule has 1 unspecified atom stereocenters. The molecule has 3 fully saturated rings. The maximum atomic E-state index is 9.18. The van der Waals surface area contributed by atoms with Crippen LogP contribution in [0.1, 0.15) is 35.7 Å². The summed E-state index contributed by atoms with van der Waals surface area (Å²) in [5.74, 6) is 1.44. The van der Waals surface area contributed by atoms with Crippen LogP contribution in [0.3, 0.4) is 0 Å². The molecule has 0 saturated carbocycles. The molecule has 3 nitrogen and oxygen atoms in total. The summed E-state index contributed by atoms with van der Waals surface area (Å²) in [7, 11) is 0. The van der Waals surface area contributed by atoms with Crippen LogP contribution in [0.5, 0.6) is 0 Å². The minimum absolute atomic E-state index is 0.0966. The summed E-state index contributed by atoms with van der Waals surface area (Å²) in [5.41, 5.74) is 3.17. The zero-order chi connectivity index (χ0) is 11.8. The highest BCUT2D eigenvalue weighted by Crippen LogP contribution is 2.38. The molecule has 1 N–H and O–H groups in total. The van der Waals surface area contributed by atoms with Crippen LogP contribution in [-0.2, 0) is 6.61 Å². The van der Waals surface area contributed by atoms with Gasteiger partial charge in [0.05, 0.1) is 6.61 Å². The molecule has 3 saturated heterocycles. The quantitative estimate of drug-likeness (QED) is 0.843. The normalized spacial score (nSPS) is 31.8. The van der Waals surface area contributed by atoms with Gasteiger partial charge in [-0.2, -0.15) is 0 Å². The molecular formula is C14H20N2O. The van der Waals surface area contributed by atoms with Crippen LogP contribution in [0.15, 0.2) is 12.1 Å². The maximum absolute atomic E-state index is 9.18. The predicted molar refractivity (Wildman–Crippen MR) is 66.8 cm³/mol. The number of pyridine rings is 1. The third-order valence-corrected chi connectivity index (χ3v) is 4.42. The molecule has 3 aliphatic heterocycles. The first-order valence-corrected chi connectivity index (χ1v) is 6.57. The molecule has 3 heteroatoms. The van der Waals surface area contributed by atoms with Gasteiger partial charge in [0.1, 0.15) is 0 Å². The van der Waals surface area contributed by atoms with Gasteiger partial charge in [0.15, 0.2) is 0 Å². The average Bonchev–Trinajstić information content (AvgIpc) is 2.40. The minimum atomic E-state index is 0.0966. The van der Waals surface area contributed by atoms with Crippen LogP contribution in [-0.4, -0.2) is 34.6 Å². The van der Waals surface area contributed by atoms with E-state index in [0.29, 0.717) is 5.92 Å². The van der Waals surface area contributed by atoms with Crippen molar-refractivity contribution in [2.45, 2.75) is 32.3 Å². The maximum Gasteiger partial charge on any atom is 0.0699 e. The minimum Gasteiger partial charge on any atom is -0.392 e. The molecule has 1 atom stereocenters. The van der Waals surface area contributed by atoms with E-state index >= 15 is 0 Å². The van der Waals surface area contributed by atoms with E-state index in [1.807, 2.05) is 13.0 Å². The largest absolute Gasteiger partial charge is 0.392 e. The van der Waals surface area contributed by atoms with Crippen LogP contribution < -0.4 is 0 Å². The number of aromatic nitrogens is 1. The highest BCUT2D eigenvalue weighted by Gasteiger charge is 2.35. The Morgan fingerprint density at radius 1 is 1.35 bits per heavy atom. The van der Waals surface area contributed by atoms with Gasteiger partial charge in [0, 0.05) is 23.9 Å². The number of aliphatic hydroxyl groups excluding tert-OH is 1. The summed E-state index contributed by atoms with van der Waals surface area (Å²) >= 11 is 0. The van der Waals surface area contributed by atoms with Crippen LogP contribution in [0, 0.1) is 12.8 Å². The van der Waals surface area contributed by atoms with Crippen molar-refractivity contribution in [1.82, 2.24) is 9.88 Å². The monoisotopic (exact) mass is 232 g/mol. The number of fused-ring (bicyclic) bond motifs is 3. The zero-order valence-corrected chi connectivity index (χ0v) is 10.4. The number of hydrogen-bond acceptors (Lipinski definition) is 3. The molecule has 3 aliphatic rings. The lowest BCUT2D eigenvalue weighted by Gasteiger charge is -2.44. The van der Waals surface area contributed by atoms with E-state index in [2.05, 4.69) is 11.0 Å². The molecule has 1 aromatic rings. The SMILES string of the molecule is Cc1nc(C2CN3CCC2CC3)ccc1CO. The fraction of sp³-hybridized carbons (Fsp3) is 0.643. The molecule has 0 amide bonds. The Kier molecular flexibility index (Phi) is 2.89. The fourth-order valence-electron chi connectivity index (χ4n) is 3.28. The van der Waals surface area contributed by atoms with Crippen molar-refractivity contribution in [2.75, 3.05) is 19.6 Å². The standard InChI is InChI=1S/C14H20N2O/c1-10-12(9-17)2-3-14(15-10)13-8-16-6-4-11(13)5-7-16/h2-3,11,13,17H,4-9H2,1H3. The van der Waals surface area contributed by atoms with E-state index in [0.717, 1.165) is 17.2 Å². The Morgan fingerprint density at radius 3 is 2.65 bits per heavy atom.